The van der Waals surface area contributed by atoms with Crippen LogP contribution in [0.25, 0.3) is 10.8 Å². The molecule has 0 spiro atoms. The van der Waals surface area contributed by atoms with E-state index in [0.717, 1.165) is 36.6 Å². The van der Waals surface area contributed by atoms with Crippen LogP contribution in [0.5, 0.6) is 5.75 Å². The summed E-state index contributed by atoms with van der Waals surface area (Å²) in [6, 6.07) is 14.0. The van der Waals surface area contributed by atoms with Crippen LogP contribution >= 0.6 is 0 Å². The monoisotopic (exact) mass is 386 g/mol. The third-order valence-corrected chi connectivity index (χ3v) is 4.96. The number of fused-ring (bicyclic) bond motifs is 1. The van der Waals surface area contributed by atoms with E-state index in [1.54, 1.807) is 24.3 Å². The van der Waals surface area contributed by atoms with Gasteiger partial charge >= 0.3 is 6.11 Å². The van der Waals surface area contributed by atoms with Crippen molar-refractivity contribution in [1.82, 2.24) is 0 Å². The molecule has 0 aliphatic rings. The standard InChI is InChI=1S/C24H25F3O/c1-3-5-6-7-17-8-11-21(12-9-17)24(26,27)28-22-13-10-19-14-18(4-2)23(25)16-20(19)15-22/h8-16H,3-7H2,1-2H3. The Kier molecular flexibility index (Phi) is 6.28. The van der Waals surface area contributed by atoms with Gasteiger partial charge in [-0.25, -0.2) is 4.39 Å². The molecule has 0 saturated carbocycles. The molecule has 3 aromatic carbocycles. The molecule has 0 atom stereocenters. The lowest BCUT2D eigenvalue weighted by atomic mass is 10.0. The van der Waals surface area contributed by atoms with Gasteiger partial charge in [-0.3, -0.25) is 0 Å². The van der Waals surface area contributed by atoms with Gasteiger partial charge in [-0.05, 0) is 77.6 Å². The van der Waals surface area contributed by atoms with E-state index < -0.39 is 6.11 Å². The Bertz CT molecular complexity index is 932. The number of rotatable bonds is 8. The summed E-state index contributed by atoms with van der Waals surface area (Å²) in [5.74, 6) is -0.328. The van der Waals surface area contributed by atoms with Crippen molar-refractivity contribution in [3.8, 4) is 5.75 Å². The molecule has 0 heterocycles. The molecule has 28 heavy (non-hydrogen) atoms. The average Bonchev–Trinajstić information content (AvgIpc) is 2.68. The van der Waals surface area contributed by atoms with Gasteiger partial charge in [0.2, 0.25) is 0 Å². The molecule has 0 unspecified atom stereocenters. The fraction of sp³-hybridized carbons (Fsp3) is 0.333. The minimum atomic E-state index is -3.46. The number of alkyl halides is 2. The van der Waals surface area contributed by atoms with E-state index in [2.05, 4.69) is 6.92 Å². The van der Waals surface area contributed by atoms with E-state index >= 15 is 0 Å². The zero-order chi connectivity index (χ0) is 20.1. The highest BCUT2D eigenvalue weighted by atomic mass is 19.3. The van der Waals surface area contributed by atoms with E-state index in [1.165, 1.54) is 30.3 Å². The van der Waals surface area contributed by atoms with Crippen molar-refractivity contribution in [2.24, 2.45) is 0 Å². The number of hydrogen-bond acceptors (Lipinski definition) is 1. The van der Waals surface area contributed by atoms with Crippen LogP contribution in [0, 0.1) is 5.82 Å². The molecule has 0 saturated heterocycles. The van der Waals surface area contributed by atoms with E-state index in [0.29, 0.717) is 17.4 Å². The lowest BCUT2D eigenvalue weighted by molar-refractivity contribution is -0.185. The van der Waals surface area contributed by atoms with Crippen molar-refractivity contribution in [1.29, 1.82) is 0 Å². The second kappa shape index (κ2) is 8.68. The van der Waals surface area contributed by atoms with Crippen molar-refractivity contribution >= 4 is 10.8 Å². The van der Waals surface area contributed by atoms with E-state index in [-0.39, 0.29) is 17.1 Å². The van der Waals surface area contributed by atoms with Crippen molar-refractivity contribution < 1.29 is 17.9 Å². The van der Waals surface area contributed by atoms with Gasteiger partial charge in [0.05, 0.1) is 5.56 Å². The van der Waals surface area contributed by atoms with Gasteiger partial charge in [-0.1, -0.05) is 44.9 Å². The average molecular weight is 386 g/mol. The van der Waals surface area contributed by atoms with Crippen LogP contribution in [0.2, 0.25) is 0 Å². The molecule has 0 fully saturated rings. The summed E-state index contributed by atoms with van der Waals surface area (Å²) < 4.78 is 48.2. The molecular weight excluding hydrogens is 361 g/mol. The summed E-state index contributed by atoms with van der Waals surface area (Å²) >= 11 is 0. The minimum absolute atomic E-state index is 0.00757. The zero-order valence-corrected chi connectivity index (χ0v) is 16.3. The number of aryl methyl sites for hydroxylation is 2. The predicted octanol–water partition coefficient (Wildman–Crippen LogP) is 7.40. The van der Waals surface area contributed by atoms with Gasteiger partial charge in [0, 0.05) is 0 Å². The number of hydrogen-bond donors (Lipinski definition) is 0. The van der Waals surface area contributed by atoms with Crippen LogP contribution < -0.4 is 4.74 Å². The SMILES string of the molecule is CCCCCc1ccc(C(F)(F)Oc2ccc3cc(CC)c(F)cc3c2)cc1. The Morgan fingerprint density at radius 2 is 1.61 bits per heavy atom. The summed E-state index contributed by atoms with van der Waals surface area (Å²) in [4.78, 5) is 0. The Labute approximate surface area is 164 Å². The van der Waals surface area contributed by atoms with Gasteiger partial charge in [0.15, 0.2) is 0 Å². The quantitative estimate of drug-likeness (QED) is 0.366. The Morgan fingerprint density at radius 1 is 0.857 bits per heavy atom. The van der Waals surface area contributed by atoms with E-state index in [4.69, 9.17) is 4.74 Å². The highest BCUT2D eigenvalue weighted by Crippen LogP contribution is 2.33. The first-order valence-corrected chi connectivity index (χ1v) is 9.81. The smallest absolute Gasteiger partial charge is 0.426 e. The molecule has 3 rings (SSSR count). The number of halogens is 3. The topological polar surface area (TPSA) is 9.23 Å². The summed E-state index contributed by atoms with van der Waals surface area (Å²) in [5.41, 5.74) is 1.45. The maximum absolute atomic E-state index is 14.6. The molecule has 3 aromatic rings. The Morgan fingerprint density at radius 3 is 2.29 bits per heavy atom. The lowest BCUT2D eigenvalue weighted by Crippen LogP contribution is -2.21. The van der Waals surface area contributed by atoms with Gasteiger partial charge in [-0.2, -0.15) is 8.78 Å². The van der Waals surface area contributed by atoms with Crippen LogP contribution in [0.4, 0.5) is 13.2 Å². The van der Waals surface area contributed by atoms with Gasteiger partial charge in [0.25, 0.3) is 0 Å². The van der Waals surface area contributed by atoms with Crippen molar-refractivity contribution in [2.45, 2.75) is 52.1 Å². The van der Waals surface area contributed by atoms with Crippen molar-refractivity contribution in [2.75, 3.05) is 0 Å². The zero-order valence-electron chi connectivity index (χ0n) is 16.3. The van der Waals surface area contributed by atoms with Crippen molar-refractivity contribution in [3.63, 3.8) is 0 Å². The lowest BCUT2D eigenvalue weighted by Gasteiger charge is -2.19. The van der Waals surface area contributed by atoms with Crippen LogP contribution in [0.15, 0.2) is 54.6 Å². The first-order valence-electron chi connectivity index (χ1n) is 9.81. The number of ether oxygens (including phenoxy) is 1. The molecule has 148 valence electrons. The van der Waals surface area contributed by atoms with Gasteiger partial charge in [0.1, 0.15) is 11.6 Å². The first kappa shape index (κ1) is 20.2. The molecule has 0 bridgehead atoms. The largest absolute Gasteiger partial charge is 0.429 e. The third-order valence-electron chi connectivity index (χ3n) is 4.96. The van der Waals surface area contributed by atoms with E-state index in [9.17, 15) is 13.2 Å². The minimum Gasteiger partial charge on any atom is -0.429 e. The molecule has 0 aliphatic heterocycles. The first-order chi connectivity index (χ1) is 13.4. The van der Waals surface area contributed by atoms with Crippen molar-refractivity contribution in [3.05, 3.63) is 77.1 Å². The number of unbranched alkanes of at least 4 members (excludes halogenated alkanes) is 2. The summed E-state index contributed by atoms with van der Waals surface area (Å²) in [5, 5.41) is 1.33. The maximum atomic E-state index is 14.6. The van der Waals surface area contributed by atoms with E-state index in [1.807, 2.05) is 6.92 Å². The summed E-state index contributed by atoms with van der Waals surface area (Å²) in [6.07, 6.45) is 1.31. The predicted molar refractivity (Wildman–Crippen MR) is 107 cm³/mol. The maximum Gasteiger partial charge on any atom is 0.426 e. The molecule has 1 nitrogen and oxygen atoms in total. The third kappa shape index (κ3) is 4.67. The molecule has 0 radical (unpaired) electrons. The van der Waals surface area contributed by atoms with Crippen LogP contribution in [-0.4, -0.2) is 0 Å². The Balaban J connectivity index is 1.77. The summed E-state index contributed by atoms with van der Waals surface area (Å²) in [6.45, 7) is 4.00. The second-order valence-corrected chi connectivity index (χ2v) is 7.08. The molecule has 0 amide bonds. The molecule has 0 N–H and O–H groups in total. The fourth-order valence-electron chi connectivity index (χ4n) is 3.28. The molecule has 4 heteroatoms. The highest BCUT2D eigenvalue weighted by Gasteiger charge is 2.34. The second-order valence-electron chi connectivity index (χ2n) is 7.08. The van der Waals surface area contributed by atoms with Crippen LogP contribution in [-0.2, 0) is 19.0 Å². The Hall–Kier alpha value is -2.49. The molecule has 0 aromatic heterocycles. The fourth-order valence-corrected chi connectivity index (χ4v) is 3.28. The van der Waals surface area contributed by atoms with Gasteiger partial charge < -0.3 is 4.74 Å². The van der Waals surface area contributed by atoms with Gasteiger partial charge in [-0.15, -0.1) is 0 Å². The normalized spacial score (nSPS) is 11.8. The highest BCUT2D eigenvalue weighted by molar-refractivity contribution is 5.84. The van der Waals surface area contributed by atoms with Crippen LogP contribution in [0.1, 0.15) is 49.8 Å². The number of benzene rings is 3. The van der Waals surface area contributed by atoms with Crippen LogP contribution in [0.3, 0.4) is 0 Å². The molecular formula is C24H25F3O. The molecule has 0 aliphatic carbocycles. The summed E-state index contributed by atoms with van der Waals surface area (Å²) in [7, 11) is 0.